The van der Waals surface area contributed by atoms with Gasteiger partial charge in [-0.25, -0.2) is 0 Å². The summed E-state index contributed by atoms with van der Waals surface area (Å²) in [6.07, 6.45) is 0.631. The van der Waals surface area contributed by atoms with Crippen molar-refractivity contribution in [2.24, 2.45) is 5.92 Å². The zero-order valence-corrected chi connectivity index (χ0v) is 11.3. The standard InChI is InChI=1S/C17H16O3/c1-11-2-7-15-16(8-11)20-10-13(17(15)19)9-12-3-5-14(18)6-4-12/h2-8,13,18H,9-10H2,1H3. The number of ether oxygens (including phenoxy) is 1. The van der Waals surface area contributed by atoms with E-state index in [1.807, 2.05) is 37.3 Å². The Morgan fingerprint density at radius 1 is 1.20 bits per heavy atom. The molecule has 1 atom stereocenters. The molecule has 0 spiro atoms. The van der Waals surface area contributed by atoms with Gasteiger partial charge in [-0.1, -0.05) is 18.2 Å². The summed E-state index contributed by atoms with van der Waals surface area (Å²) in [6, 6.07) is 12.6. The largest absolute Gasteiger partial charge is 0.508 e. The summed E-state index contributed by atoms with van der Waals surface area (Å²) in [4.78, 5) is 12.5. The molecule has 0 radical (unpaired) electrons. The first-order valence-corrected chi connectivity index (χ1v) is 6.69. The maximum absolute atomic E-state index is 12.5. The van der Waals surface area contributed by atoms with E-state index in [2.05, 4.69) is 0 Å². The lowest BCUT2D eigenvalue weighted by atomic mass is 9.89. The van der Waals surface area contributed by atoms with Crippen LogP contribution in [0.2, 0.25) is 0 Å². The van der Waals surface area contributed by atoms with Crippen molar-refractivity contribution < 1.29 is 14.6 Å². The highest BCUT2D eigenvalue weighted by Crippen LogP contribution is 2.30. The molecule has 0 saturated carbocycles. The van der Waals surface area contributed by atoms with Gasteiger partial charge in [-0.2, -0.15) is 0 Å². The molecule has 3 heteroatoms. The fraction of sp³-hybridized carbons (Fsp3) is 0.235. The van der Waals surface area contributed by atoms with Gasteiger partial charge in [0.2, 0.25) is 0 Å². The summed E-state index contributed by atoms with van der Waals surface area (Å²) in [7, 11) is 0. The molecule has 1 aliphatic heterocycles. The Morgan fingerprint density at radius 3 is 2.70 bits per heavy atom. The summed E-state index contributed by atoms with van der Waals surface area (Å²) in [6.45, 7) is 2.40. The van der Waals surface area contributed by atoms with Crippen LogP contribution in [0.4, 0.5) is 0 Å². The van der Waals surface area contributed by atoms with Crippen molar-refractivity contribution in [1.29, 1.82) is 0 Å². The summed E-state index contributed by atoms with van der Waals surface area (Å²) < 4.78 is 5.71. The third-order valence-corrected chi connectivity index (χ3v) is 3.63. The second kappa shape index (κ2) is 5.00. The van der Waals surface area contributed by atoms with E-state index in [9.17, 15) is 9.90 Å². The number of phenols is 1. The number of hydrogen-bond acceptors (Lipinski definition) is 3. The zero-order valence-electron chi connectivity index (χ0n) is 11.3. The Hall–Kier alpha value is -2.29. The molecule has 0 amide bonds. The van der Waals surface area contributed by atoms with Crippen LogP contribution in [0.1, 0.15) is 21.5 Å². The first-order chi connectivity index (χ1) is 9.63. The van der Waals surface area contributed by atoms with E-state index in [-0.39, 0.29) is 17.5 Å². The van der Waals surface area contributed by atoms with Crippen molar-refractivity contribution in [1.82, 2.24) is 0 Å². The fourth-order valence-corrected chi connectivity index (χ4v) is 2.51. The number of fused-ring (bicyclic) bond motifs is 1. The van der Waals surface area contributed by atoms with Gasteiger partial charge in [-0.05, 0) is 48.7 Å². The van der Waals surface area contributed by atoms with Crippen molar-refractivity contribution in [3.8, 4) is 11.5 Å². The maximum atomic E-state index is 12.5. The number of ketones is 1. The molecular weight excluding hydrogens is 252 g/mol. The molecule has 1 unspecified atom stereocenters. The monoisotopic (exact) mass is 268 g/mol. The van der Waals surface area contributed by atoms with Gasteiger partial charge < -0.3 is 9.84 Å². The lowest BCUT2D eigenvalue weighted by molar-refractivity contribution is 0.0830. The van der Waals surface area contributed by atoms with Gasteiger partial charge in [-0.3, -0.25) is 4.79 Å². The number of benzene rings is 2. The van der Waals surface area contributed by atoms with Crippen LogP contribution in [0.25, 0.3) is 0 Å². The normalized spacial score (nSPS) is 17.4. The molecule has 1 N–H and O–H groups in total. The first-order valence-electron chi connectivity index (χ1n) is 6.69. The molecule has 1 aliphatic rings. The summed E-state index contributed by atoms with van der Waals surface area (Å²) in [5.74, 6) is 0.909. The molecule has 1 heterocycles. The second-order valence-electron chi connectivity index (χ2n) is 5.24. The molecule has 0 fully saturated rings. The summed E-state index contributed by atoms with van der Waals surface area (Å²) in [5, 5.41) is 9.28. The van der Waals surface area contributed by atoms with Crippen LogP contribution >= 0.6 is 0 Å². The van der Waals surface area contributed by atoms with E-state index in [1.54, 1.807) is 12.1 Å². The number of aryl methyl sites for hydroxylation is 1. The average Bonchev–Trinajstić information content (AvgIpc) is 2.44. The van der Waals surface area contributed by atoms with Crippen LogP contribution in [0.5, 0.6) is 11.5 Å². The van der Waals surface area contributed by atoms with Crippen LogP contribution in [0, 0.1) is 12.8 Å². The number of phenolic OH excluding ortho intramolecular Hbond substituents is 1. The van der Waals surface area contributed by atoms with E-state index >= 15 is 0 Å². The first kappa shape index (κ1) is 12.7. The Labute approximate surface area is 117 Å². The predicted molar refractivity (Wildman–Crippen MR) is 76.3 cm³/mol. The van der Waals surface area contributed by atoms with Gasteiger partial charge in [-0.15, -0.1) is 0 Å². The third kappa shape index (κ3) is 2.39. The number of carbonyl (C=O) groups is 1. The topological polar surface area (TPSA) is 46.5 Å². The van der Waals surface area contributed by atoms with Crippen molar-refractivity contribution in [2.45, 2.75) is 13.3 Å². The average molecular weight is 268 g/mol. The highest BCUT2D eigenvalue weighted by molar-refractivity contribution is 6.01. The third-order valence-electron chi connectivity index (χ3n) is 3.63. The number of carbonyl (C=O) groups excluding carboxylic acids is 1. The molecule has 0 aliphatic carbocycles. The minimum Gasteiger partial charge on any atom is -0.508 e. The molecule has 102 valence electrons. The number of rotatable bonds is 2. The number of Topliss-reactive ketones (excluding diaryl/α,β-unsaturated/α-hetero) is 1. The second-order valence-corrected chi connectivity index (χ2v) is 5.24. The summed E-state index contributed by atoms with van der Waals surface area (Å²) in [5.41, 5.74) is 2.79. The Bertz CT molecular complexity index is 644. The van der Waals surface area contributed by atoms with Crippen LogP contribution in [-0.2, 0) is 6.42 Å². The number of hydrogen-bond donors (Lipinski definition) is 1. The lowest BCUT2D eigenvalue weighted by Gasteiger charge is -2.24. The predicted octanol–water partition coefficient (Wildman–Crippen LogP) is 3.13. The van der Waals surface area contributed by atoms with Crippen LogP contribution in [0.3, 0.4) is 0 Å². The molecule has 0 bridgehead atoms. The lowest BCUT2D eigenvalue weighted by Crippen LogP contribution is -2.29. The molecule has 2 aromatic carbocycles. The van der Waals surface area contributed by atoms with Crippen LogP contribution in [0.15, 0.2) is 42.5 Å². The van der Waals surface area contributed by atoms with Gasteiger partial charge in [0.1, 0.15) is 11.5 Å². The Kier molecular flexibility index (Phi) is 3.18. The molecule has 3 rings (SSSR count). The summed E-state index contributed by atoms with van der Waals surface area (Å²) >= 11 is 0. The molecule has 0 saturated heterocycles. The minimum absolute atomic E-state index is 0.138. The van der Waals surface area contributed by atoms with Crippen LogP contribution < -0.4 is 4.74 Å². The zero-order chi connectivity index (χ0) is 14.1. The van der Waals surface area contributed by atoms with Crippen molar-refractivity contribution in [2.75, 3.05) is 6.61 Å². The minimum atomic E-state index is -0.158. The van der Waals surface area contributed by atoms with E-state index in [4.69, 9.17) is 4.74 Å². The molecule has 3 nitrogen and oxygen atoms in total. The SMILES string of the molecule is Cc1ccc2c(c1)OCC(Cc1ccc(O)cc1)C2=O. The van der Waals surface area contributed by atoms with Gasteiger partial charge >= 0.3 is 0 Å². The molecule has 0 aromatic heterocycles. The highest BCUT2D eigenvalue weighted by Gasteiger charge is 2.28. The Morgan fingerprint density at radius 2 is 1.95 bits per heavy atom. The maximum Gasteiger partial charge on any atom is 0.173 e. The van der Waals surface area contributed by atoms with Gasteiger partial charge in [0.25, 0.3) is 0 Å². The van der Waals surface area contributed by atoms with Crippen molar-refractivity contribution >= 4 is 5.78 Å². The molecule has 2 aromatic rings. The Balaban J connectivity index is 1.81. The van der Waals surface area contributed by atoms with E-state index in [0.717, 1.165) is 11.1 Å². The quantitative estimate of drug-likeness (QED) is 0.910. The van der Waals surface area contributed by atoms with E-state index in [1.165, 1.54) is 0 Å². The fourth-order valence-electron chi connectivity index (χ4n) is 2.51. The smallest absolute Gasteiger partial charge is 0.173 e. The molecule has 20 heavy (non-hydrogen) atoms. The van der Waals surface area contributed by atoms with E-state index < -0.39 is 0 Å². The van der Waals surface area contributed by atoms with Gasteiger partial charge in [0.15, 0.2) is 5.78 Å². The van der Waals surface area contributed by atoms with E-state index in [0.29, 0.717) is 24.3 Å². The number of aromatic hydroxyl groups is 1. The van der Waals surface area contributed by atoms with Crippen LogP contribution in [-0.4, -0.2) is 17.5 Å². The van der Waals surface area contributed by atoms with Gasteiger partial charge in [0, 0.05) is 0 Å². The molecular formula is C17H16O3. The van der Waals surface area contributed by atoms with Gasteiger partial charge in [0.05, 0.1) is 18.1 Å². The van der Waals surface area contributed by atoms with Crippen molar-refractivity contribution in [3.63, 3.8) is 0 Å². The highest BCUT2D eigenvalue weighted by atomic mass is 16.5. The van der Waals surface area contributed by atoms with Crippen molar-refractivity contribution in [3.05, 3.63) is 59.2 Å².